The van der Waals surface area contributed by atoms with Crippen molar-refractivity contribution in [1.29, 1.82) is 0 Å². The number of methoxy groups -OCH3 is 1. The van der Waals surface area contributed by atoms with Crippen LogP contribution in [-0.4, -0.2) is 48.5 Å². The highest BCUT2D eigenvalue weighted by molar-refractivity contribution is 6.04. The molecular formula is C21H28N6O3. The molecule has 0 fully saturated rings. The predicted molar refractivity (Wildman–Crippen MR) is 116 cm³/mol. The Morgan fingerprint density at radius 2 is 2.10 bits per heavy atom. The maximum atomic E-state index is 12.6. The fraction of sp³-hybridized carbons (Fsp3) is 0.429. The third-order valence-corrected chi connectivity index (χ3v) is 5.22. The number of anilines is 4. The molecule has 0 spiro atoms. The van der Waals surface area contributed by atoms with Gasteiger partial charge in [-0.25, -0.2) is 4.98 Å². The van der Waals surface area contributed by atoms with Crippen LogP contribution >= 0.6 is 0 Å². The molecule has 0 aliphatic carbocycles. The van der Waals surface area contributed by atoms with Gasteiger partial charge in [-0.05, 0) is 37.5 Å². The molecule has 1 aliphatic rings. The van der Waals surface area contributed by atoms with E-state index in [9.17, 15) is 9.59 Å². The molecule has 1 aliphatic heterocycles. The zero-order valence-corrected chi connectivity index (χ0v) is 18.0. The van der Waals surface area contributed by atoms with Gasteiger partial charge in [-0.2, -0.15) is 4.98 Å². The third kappa shape index (κ3) is 4.14. The van der Waals surface area contributed by atoms with Crippen molar-refractivity contribution >= 4 is 35.0 Å². The monoisotopic (exact) mass is 412 g/mol. The fourth-order valence-electron chi connectivity index (χ4n) is 3.36. The fourth-order valence-corrected chi connectivity index (χ4v) is 3.36. The number of likely N-dealkylation sites (N-methyl/N-ethyl adjacent to an activating group) is 1. The van der Waals surface area contributed by atoms with Crippen LogP contribution in [0.4, 0.5) is 23.1 Å². The number of carbonyl (C=O) groups excluding carboxylic acids is 2. The SMILES string of the molecule is COc1cc(C(N)=O)ccc1Nc1ncc2c(n1)N(CCC(C)C)[C@H](C)C(=O)N2C. The second-order valence-corrected chi connectivity index (χ2v) is 7.76. The first-order valence-electron chi connectivity index (χ1n) is 9.89. The van der Waals surface area contributed by atoms with Crippen LogP contribution in [0.2, 0.25) is 0 Å². The zero-order valence-electron chi connectivity index (χ0n) is 18.0. The number of rotatable bonds is 7. The van der Waals surface area contributed by atoms with Crippen LogP contribution in [0, 0.1) is 5.92 Å². The topological polar surface area (TPSA) is 114 Å². The van der Waals surface area contributed by atoms with Gasteiger partial charge in [-0.3, -0.25) is 9.59 Å². The van der Waals surface area contributed by atoms with E-state index in [1.54, 1.807) is 36.3 Å². The highest BCUT2D eigenvalue weighted by Gasteiger charge is 2.35. The molecule has 0 unspecified atom stereocenters. The van der Waals surface area contributed by atoms with Crippen LogP contribution in [0.25, 0.3) is 0 Å². The van der Waals surface area contributed by atoms with Gasteiger partial charge in [-0.1, -0.05) is 13.8 Å². The molecule has 9 nitrogen and oxygen atoms in total. The van der Waals surface area contributed by atoms with Gasteiger partial charge in [0.15, 0.2) is 5.82 Å². The molecule has 3 rings (SSSR count). The van der Waals surface area contributed by atoms with E-state index in [0.717, 1.165) is 13.0 Å². The van der Waals surface area contributed by atoms with E-state index in [1.807, 2.05) is 11.8 Å². The molecule has 2 aromatic rings. The molecule has 0 saturated heterocycles. The number of nitrogens with one attached hydrogen (secondary N) is 1. The molecule has 1 atom stereocenters. The number of benzene rings is 1. The normalized spacial score (nSPS) is 15.9. The Morgan fingerprint density at radius 3 is 2.73 bits per heavy atom. The summed E-state index contributed by atoms with van der Waals surface area (Å²) in [6, 6.07) is 4.55. The maximum absolute atomic E-state index is 12.6. The van der Waals surface area contributed by atoms with Crippen LogP contribution in [0.1, 0.15) is 37.6 Å². The van der Waals surface area contributed by atoms with E-state index < -0.39 is 5.91 Å². The summed E-state index contributed by atoms with van der Waals surface area (Å²) in [4.78, 5) is 36.8. The van der Waals surface area contributed by atoms with Crippen molar-refractivity contribution in [3.05, 3.63) is 30.0 Å². The van der Waals surface area contributed by atoms with Gasteiger partial charge in [0.2, 0.25) is 17.8 Å². The Kier molecular flexibility index (Phi) is 6.09. The Bertz CT molecular complexity index is 962. The summed E-state index contributed by atoms with van der Waals surface area (Å²) < 4.78 is 5.37. The summed E-state index contributed by atoms with van der Waals surface area (Å²) in [6.45, 7) is 6.91. The number of nitrogens with zero attached hydrogens (tertiary/aromatic N) is 4. The minimum Gasteiger partial charge on any atom is -0.495 e. The molecule has 9 heteroatoms. The molecule has 2 amide bonds. The molecule has 0 bridgehead atoms. The van der Waals surface area contributed by atoms with Crippen molar-refractivity contribution in [3.63, 3.8) is 0 Å². The smallest absolute Gasteiger partial charge is 0.249 e. The summed E-state index contributed by atoms with van der Waals surface area (Å²) in [6.07, 6.45) is 2.58. The number of fused-ring (bicyclic) bond motifs is 1. The summed E-state index contributed by atoms with van der Waals surface area (Å²) in [5.41, 5.74) is 6.96. The summed E-state index contributed by atoms with van der Waals surface area (Å²) in [7, 11) is 3.24. The Labute approximate surface area is 176 Å². The average molecular weight is 412 g/mol. The van der Waals surface area contributed by atoms with Crippen molar-refractivity contribution in [2.24, 2.45) is 11.7 Å². The highest BCUT2D eigenvalue weighted by Crippen LogP contribution is 2.35. The molecule has 160 valence electrons. The molecule has 30 heavy (non-hydrogen) atoms. The Morgan fingerprint density at radius 1 is 1.37 bits per heavy atom. The highest BCUT2D eigenvalue weighted by atomic mass is 16.5. The van der Waals surface area contributed by atoms with E-state index in [1.165, 1.54) is 7.11 Å². The molecule has 2 heterocycles. The van der Waals surface area contributed by atoms with Crippen molar-refractivity contribution < 1.29 is 14.3 Å². The molecular weight excluding hydrogens is 384 g/mol. The van der Waals surface area contributed by atoms with Gasteiger partial charge >= 0.3 is 0 Å². The number of ether oxygens (including phenoxy) is 1. The van der Waals surface area contributed by atoms with Crippen molar-refractivity contribution in [3.8, 4) is 5.75 Å². The van der Waals surface area contributed by atoms with Gasteiger partial charge in [-0.15, -0.1) is 0 Å². The van der Waals surface area contributed by atoms with Gasteiger partial charge in [0.05, 0.1) is 19.0 Å². The number of nitrogens with two attached hydrogens (primary N) is 1. The number of hydrogen-bond donors (Lipinski definition) is 2. The second kappa shape index (κ2) is 8.56. The lowest BCUT2D eigenvalue weighted by atomic mass is 10.1. The quantitative estimate of drug-likeness (QED) is 0.718. The first kappa shape index (κ1) is 21.4. The van der Waals surface area contributed by atoms with Crippen LogP contribution < -0.4 is 25.6 Å². The van der Waals surface area contributed by atoms with E-state index in [-0.39, 0.29) is 11.9 Å². The van der Waals surface area contributed by atoms with Crippen LogP contribution in [-0.2, 0) is 4.79 Å². The average Bonchev–Trinajstić information content (AvgIpc) is 2.72. The van der Waals surface area contributed by atoms with E-state index in [2.05, 4.69) is 24.1 Å². The molecule has 1 aromatic carbocycles. The second-order valence-electron chi connectivity index (χ2n) is 7.76. The predicted octanol–water partition coefficient (Wildman–Crippen LogP) is 2.55. The minimum absolute atomic E-state index is 0.0132. The Balaban J connectivity index is 1.96. The van der Waals surface area contributed by atoms with E-state index in [4.69, 9.17) is 15.5 Å². The number of carbonyl (C=O) groups is 2. The lowest BCUT2D eigenvalue weighted by molar-refractivity contribution is -0.119. The molecule has 3 N–H and O–H groups in total. The maximum Gasteiger partial charge on any atom is 0.249 e. The first-order valence-corrected chi connectivity index (χ1v) is 9.89. The lowest BCUT2D eigenvalue weighted by Crippen LogP contribution is -2.51. The van der Waals surface area contributed by atoms with E-state index in [0.29, 0.717) is 40.4 Å². The molecule has 0 saturated carbocycles. The van der Waals surface area contributed by atoms with Crippen LogP contribution in [0.5, 0.6) is 5.75 Å². The van der Waals surface area contributed by atoms with Crippen LogP contribution in [0.15, 0.2) is 24.4 Å². The zero-order chi connectivity index (χ0) is 22.0. The summed E-state index contributed by atoms with van der Waals surface area (Å²) in [5, 5.41) is 3.14. The molecule has 0 radical (unpaired) electrons. The third-order valence-electron chi connectivity index (χ3n) is 5.22. The van der Waals surface area contributed by atoms with Crippen molar-refractivity contribution in [1.82, 2.24) is 9.97 Å². The van der Waals surface area contributed by atoms with Crippen molar-refractivity contribution in [2.75, 3.05) is 35.8 Å². The van der Waals surface area contributed by atoms with E-state index >= 15 is 0 Å². The number of primary amides is 1. The van der Waals surface area contributed by atoms with Gasteiger partial charge in [0.1, 0.15) is 17.5 Å². The standard InChI is InChI=1S/C21H28N6O3/c1-12(2)8-9-27-13(3)20(29)26(4)16-11-23-21(25-19(16)27)24-15-7-6-14(18(22)28)10-17(15)30-5/h6-7,10-13H,8-9H2,1-5H3,(H2,22,28)(H,23,24,25)/t13-/m1/s1. The minimum atomic E-state index is -0.535. The largest absolute Gasteiger partial charge is 0.495 e. The van der Waals surface area contributed by atoms with Crippen molar-refractivity contribution in [2.45, 2.75) is 33.2 Å². The summed E-state index contributed by atoms with van der Waals surface area (Å²) >= 11 is 0. The number of hydrogen-bond acceptors (Lipinski definition) is 7. The van der Waals surface area contributed by atoms with Crippen LogP contribution in [0.3, 0.4) is 0 Å². The summed E-state index contributed by atoms with van der Waals surface area (Å²) in [5.74, 6) is 1.50. The number of aromatic nitrogens is 2. The Hall–Kier alpha value is -3.36. The lowest BCUT2D eigenvalue weighted by Gasteiger charge is -2.39. The van der Waals surface area contributed by atoms with Gasteiger partial charge in [0.25, 0.3) is 0 Å². The molecule has 1 aromatic heterocycles. The first-order chi connectivity index (χ1) is 14.2. The van der Waals surface area contributed by atoms with Gasteiger partial charge in [0, 0.05) is 19.2 Å². The number of amides is 2. The van der Waals surface area contributed by atoms with Gasteiger partial charge < -0.3 is 25.6 Å².